The predicted molar refractivity (Wildman–Crippen MR) is 50.9 cm³/mol. The zero-order valence-corrected chi connectivity index (χ0v) is 7.33. The van der Waals surface area contributed by atoms with Crippen molar-refractivity contribution in [1.82, 2.24) is 0 Å². The van der Waals surface area contributed by atoms with Gasteiger partial charge in [0.15, 0.2) is 0 Å². The molecule has 0 N–H and O–H groups in total. The zero-order valence-electron chi connectivity index (χ0n) is 7.33. The summed E-state index contributed by atoms with van der Waals surface area (Å²) in [7, 11) is 0. The normalized spacial score (nSPS) is 12.0. The lowest BCUT2D eigenvalue weighted by atomic mass is 9.98. The molecule has 0 amide bonds. The molecule has 1 atom stereocenters. The first-order valence-corrected chi connectivity index (χ1v) is 4.22. The third kappa shape index (κ3) is 2.39. The van der Waals surface area contributed by atoms with E-state index in [9.17, 15) is 0 Å². The van der Waals surface area contributed by atoms with Gasteiger partial charge in [0.1, 0.15) is 0 Å². The first-order chi connectivity index (χ1) is 5.84. The monoisotopic (exact) mass is 159 g/mol. The van der Waals surface area contributed by atoms with Crippen LogP contribution in [0.25, 0.3) is 4.85 Å². The van der Waals surface area contributed by atoms with Gasteiger partial charge in [-0.2, -0.15) is 0 Å². The highest BCUT2D eigenvalue weighted by Crippen LogP contribution is 2.17. The molecular weight excluding hydrogens is 146 g/mol. The Kier molecular flexibility index (Phi) is 3.35. The average molecular weight is 159 g/mol. The Morgan fingerprint density at radius 1 is 1.33 bits per heavy atom. The molecule has 1 unspecified atom stereocenters. The Morgan fingerprint density at radius 3 is 2.58 bits per heavy atom. The summed E-state index contributed by atoms with van der Waals surface area (Å²) in [5.41, 5.74) is 1.33. The van der Waals surface area contributed by atoms with E-state index in [2.05, 4.69) is 23.9 Å². The summed E-state index contributed by atoms with van der Waals surface area (Å²) >= 11 is 0. The lowest BCUT2D eigenvalue weighted by molar-refractivity contribution is 0.719. The number of hydrogen-bond acceptors (Lipinski definition) is 0. The van der Waals surface area contributed by atoms with E-state index in [1.54, 1.807) is 0 Å². The maximum absolute atomic E-state index is 6.68. The summed E-state index contributed by atoms with van der Waals surface area (Å²) in [6.45, 7) is 9.49. The van der Waals surface area contributed by atoms with Crippen molar-refractivity contribution in [3.8, 4) is 0 Å². The summed E-state index contributed by atoms with van der Waals surface area (Å²) in [4.78, 5) is 3.35. The highest BCUT2D eigenvalue weighted by atomic mass is 14.6. The second kappa shape index (κ2) is 4.56. The van der Waals surface area contributed by atoms with Crippen molar-refractivity contribution in [2.75, 3.05) is 6.54 Å². The Bertz CT molecular complexity index is 258. The molecule has 0 aromatic heterocycles. The van der Waals surface area contributed by atoms with Gasteiger partial charge in [-0.05, 0) is 11.5 Å². The van der Waals surface area contributed by atoms with E-state index in [1.165, 1.54) is 5.56 Å². The van der Waals surface area contributed by atoms with E-state index in [4.69, 9.17) is 6.57 Å². The van der Waals surface area contributed by atoms with Crippen LogP contribution in [0.15, 0.2) is 30.3 Å². The first-order valence-electron chi connectivity index (χ1n) is 4.22. The van der Waals surface area contributed by atoms with Crippen molar-refractivity contribution in [3.05, 3.63) is 47.3 Å². The molecule has 1 aromatic carbocycles. The molecule has 0 aliphatic heterocycles. The molecule has 0 heterocycles. The van der Waals surface area contributed by atoms with Crippen LogP contribution >= 0.6 is 0 Å². The van der Waals surface area contributed by atoms with Crippen LogP contribution in [0, 0.1) is 6.57 Å². The molecule has 12 heavy (non-hydrogen) atoms. The molecule has 0 saturated carbocycles. The van der Waals surface area contributed by atoms with Crippen LogP contribution in [0.5, 0.6) is 0 Å². The van der Waals surface area contributed by atoms with Gasteiger partial charge in [-0.25, -0.2) is 6.57 Å². The summed E-state index contributed by atoms with van der Waals surface area (Å²) < 4.78 is 0. The molecular formula is C11H13N. The second-order valence-electron chi connectivity index (χ2n) is 2.98. The molecule has 0 spiro atoms. The molecule has 0 aliphatic carbocycles. The number of rotatable bonds is 3. The van der Waals surface area contributed by atoms with Gasteiger partial charge in [0.05, 0.1) is 0 Å². The topological polar surface area (TPSA) is 4.36 Å². The lowest BCUT2D eigenvalue weighted by Gasteiger charge is -2.06. The summed E-state index contributed by atoms with van der Waals surface area (Å²) in [6.07, 6.45) is 0.966. The minimum atomic E-state index is 0.514. The van der Waals surface area contributed by atoms with Gasteiger partial charge in [0, 0.05) is 6.42 Å². The van der Waals surface area contributed by atoms with Gasteiger partial charge in [-0.3, -0.25) is 0 Å². The van der Waals surface area contributed by atoms with Gasteiger partial charge < -0.3 is 4.85 Å². The molecule has 62 valence electrons. The molecule has 0 radical (unpaired) electrons. The van der Waals surface area contributed by atoms with Crippen LogP contribution in [0.1, 0.15) is 24.8 Å². The van der Waals surface area contributed by atoms with Gasteiger partial charge in [0.25, 0.3) is 0 Å². The first kappa shape index (κ1) is 8.80. The smallest absolute Gasteiger partial charge is 0.215 e. The van der Waals surface area contributed by atoms with Crippen LogP contribution < -0.4 is 0 Å². The Balaban J connectivity index is 2.55. The van der Waals surface area contributed by atoms with Crippen LogP contribution in [0.2, 0.25) is 0 Å². The van der Waals surface area contributed by atoms with E-state index in [0.29, 0.717) is 12.5 Å². The largest absolute Gasteiger partial charge is 0.317 e. The van der Waals surface area contributed by atoms with Crippen LogP contribution in [0.3, 0.4) is 0 Å². The minimum Gasteiger partial charge on any atom is -0.317 e. The molecule has 0 saturated heterocycles. The van der Waals surface area contributed by atoms with Crippen molar-refractivity contribution in [2.45, 2.75) is 19.3 Å². The van der Waals surface area contributed by atoms with Crippen molar-refractivity contribution >= 4 is 0 Å². The minimum absolute atomic E-state index is 0.514. The van der Waals surface area contributed by atoms with Gasteiger partial charge in [-0.1, -0.05) is 37.3 Å². The van der Waals surface area contributed by atoms with E-state index < -0.39 is 0 Å². The maximum atomic E-state index is 6.68. The van der Waals surface area contributed by atoms with Crippen LogP contribution in [0.4, 0.5) is 0 Å². The quantitative estimate of drug-likeness (QED) is 0.597. The Labute approximate surface area is 73.9 Å². The van der Waals surface area contributed by atoms with E-state index in [0.717, 1.165) is 6.42 Å². The van der Waals surface area contributed by atoms with Crippen molar-refractivity contribution in [3.63, 3.8) is 0 Å². The number of benzene rings is 1. The van der Waals surface area contributed by atoms with Crippen LogP contribution in [-0.4, -0.2) is 6.54 Å². The van der Waals surface area contributed by atoms with E-state index in [-0.39, 0.29) is 0 Å². The molecule has 1 aromatic rings. The Morgan fingerprint density at radius 2 is 2.00 bits per heavy atom. The number of nitrogens with zero attached hydrogens (tertiary/aromatic N) is 1. The highest BCUT2D eigenvalue weighted by molar-refractivity contribution is 5.18. The van der Waals surface area contributed by atoms with Gasteiger partial charge in [0.2, 0.25) is 6.54 Å². The number of hydrogen-bond donors (Lipinski definition) is 0. The fourth-order valence-electron chi connectivity index (χ4n) is 1.21. The fourth-order valence-corrected chi connectivity index (χ4v) is 1.21. The summed E-state index contributed by atoms with van der Waals surface area (Å²) in [5, 5.41) is 0. The van der Waals surface area contributed by atoms with Gasteiger partial charge >= 0.3 is 0 Å². The van der Waals surface area contributed by atoms with Crippen molar-refractivity contribution in [2.24, 2.45) is 0 Å². The standard InChI is InChI=1S/C11H13N/c1-10(8-9-12-2)11-6-4-3-5-7-11/h3-7,10H,8-9H2,1H3. The molecule has 1 rings (SSSR count). The van der Waals surface area contributed by atoms with E-state index in [1.807, 2.05) is 18.2 Å². The summed E-state index contributed by atoms with van der Waals surface area (Å²) in [6, 6.07) is 10.3. The molecule has 1 nitrogen and oxygen atoms in total. The molecule has 0 aliphatic rings. The highest BCUT2D eigenvalue weighted by Gasteiger charge is 2.04. The van der Waals surface area contributed by atoms with Crippen molar-refractivity contribution < 1.29 is 0 Å². The van der Waals surface area contributed by atoms with E-state index >= 15 is 0 Å². The second-order valence-corrected chi connectivity index (χ2v) is 2.98. The van der Waals surface area contributed by atoms with Crippen molar-refractivity contribution in [1.29, 1.82) is 0 Å². The molecule has 1 heteroatoms. The third-order valence-corrected chi connectivity index (χ3v) is 2.04. The molecule has 0 fully saturated rings. The predicted octanol–water partition coefficient (Wildman–Crippen LogP) is 3.10. The lowest BCUT2D eigenvalue weighted by Crippen LogP contribution is -1.94. The SMILES string of the molecule is [C-]#[N+]CCC(C)c1ccccc1. The zero-order chi connectivity index (χ0) is 8.81. The fraction of sp³-hybridized carbons (Fsp3) is 0.364. The summed E-state index contributed by atoms with van der Waals surface area (Å²) in [5.74, 6) is 0.514. The average Bonchev–Trinajstić information content (AvgIpc) is 2.15. The Hall–Kier alpha value is -1.29. The van der Waals surface area contributed by atoms with Gasteiger partial charge in [-0.15, -0.1) is 0 Å². The van der Waals surface area contributed by atoms with Crippen LogP contribution in [-0.2, 0) is 0 Å². The maximum Gasteiger partial charge on any atom is 0.215 e. The molecule has 0 bridgehead atoms. The third-order valence-electron chi connectivity index (χ3n) is 2.04.